The topological polar surface area (TPSA) is 168 Å². The summed E-state index contributed by atoms with van der Waals surface area (Å²) in [6.45, 7) is 4.02. The minimum atomic E-state index is -0.512. The number of aryl methyl sites for hydroxylation is 4. The molecule has 2 aromatic carbocycles. The highest BCUT2D eigenvalue weighted by Crippen LogP contribution is 2.28. The lowest BCUT2D eigenvalue weighted by molar-refractivity contribution is 0.0999. The molecule has 7 aromatic rings. The Morgan fingerprint density at radius 3 is 2.17 bits per heavy atom. The Balaban J connectivity index is 0.923. The summed E-state index contributed by atoms with van der Waals surface area (Å²) in [6.07, 6.45) is 5.02. The van der Waals surface area contributed by atoms with Gasteiger partial charge in [-0.15, -0.1) is 0 Å². The Hall–Kier alpha value is -6.68. The van der Waals surface area contributed by atoms with E-state index in [9.17, 15) is 14.4 Å². The molecule has 0 unspecified atom stereocenters. The summed E-state index contributed by atoms with van der Waals surface area (Å²) >= 11 is 0. The van der Waals surface area contributed by atoms with Crippen LogP contribution < -0.4 is 20.9 Å². The van der Waals surface area contributed by atoms with Crippen LogP contribution in [0, 0.1) is 0 Å². The molecule has 1 aliphatic heterocycles. The molecule has 53 heavy (non-hydrogen) atoms. The van der Waals surface area contributed by atoms with Gasteiger partial charge >= 0.3 is 0 Å². The highest BCUT2D eigenvalue weighted by atomic mass is 16.2. The molecule has 5 aromatic heterocycles. The first-order valence-electron chi connectivity index (χ1n) is 17.2. The van der Waals surface area contributed by atoms with Crippen LogP contribution in [0.4, 0.5) is 22.9 Å². The minimum absolute atomic E-state index is 0.0677. The number of likely N-dealkylation sites (N-methyl/N-ethyl adjacent to an activating group) is 1. The summed E-state index contributed by atoms with van der Waals surface area (Å²) in [5, 5.41) is 8.50. The Labute approximate surface area is 304 Å². The molecule has 16 heteroatoms. The third-order valence-corrected chi connectivity index (χ3v) is 9.65. The predicted octanol–water partition coefficient (Wildman–Crippen LogP) is 4.04. The minimum Gasteiger partial charge on any atom is -0.369 e. The summed E-state index contributed by atoms with van der Waals surface area (Å²) in [7, 11) is 9.19. The first kappa shape index (κ1) is 33.5. The number of aromatic nitrogens is 8. The van der Waals surface area contributed by atoms with Gasteiger partial charge in [0.25, 0.3) is 17.7 Å². The van der Waals surface area contributed by atoms with E-state index in [0.29, 0.717) is 28.4 Å². The fourth-order valence-corrected chi connectivity index (χ4v) is 6.74. The number of fused-ring (bicyclic) bond motifs is 2. The Morgan fingerprint density at radius 1 is 0.660 bits per heavy atom. The fraction of sp³-hybridized carbons (Fsp3) is 0.243. The summed E-state index contributed by atoms with van der Waals surface area (Å²) in [6, 6.07) is 17.2. The zero-order valence-corrected chi connectivity index (χ0v) is 30.0. The van der Waals surface area contributed by atoms with Gasteiger partial charge in [-0.3, -0.25) is 14.4 Å². The van der Waals surface area contributed by atoms with Gasteiger partial charge < -0.3 is 49.0 Å². The van der Waals surface area contributed by atoms with Crippen LogP contribution in [0.15, 0.2) is 73.2 Å². The number of piperazine rings is 1. The first-order valence-corrected chi connectivity index (χ1v) is 17.2. The maximum atomic E-state index is 13.4. The average molecular weight is 714 g/mol. The van der Waals surface area contributed by atoms with Crippen molar-refractivity contribution in [2.24, 2.45) is 28.2 Å². The van der Waals surface area contributed by atoms with Crippen LogP contribution in [0.5, 0.6) is 0 Å². The van der Waals surface area contributed by atoms with Gasteiger partial charge in [-0.05, 0) is 49.5 Å². The van der Waals surface area contributed by atoms with E-state index < -0.39 is 11.8 Å². The van der Waals surface area contributed by atoms with Crippen molar-refractivity contribution in [1.29, 1.82) is 0 Å². The van der Waals surface area contributed by atoms with Gasteiger partial charge in [-0.25, -0.2) is 15.0 Å². The van der Waals surface area contributed by atoms with Gasteiger partial charge in [0.2, 0.25) is 5.82 Å². The smallest absolute Gasteiger partial charge is 0.292 e. The van der Waals surface area contributed by atoms with Gasteiger partial charge in [0.05, 0.1) is 39.1 Å². The van der Waals surface area contributed by atoms with E-state index >= 15 is 0 Å². The fourth-order valence-electron chi connectivity index (χ4n) is 6.74. The van der Waals surface area contributed by atoms with E-state index in [1.165, 1.54) is 4.57 Å². The second-order valence-electron chi connectivity index (χ2n) is 13.4. The molecule has 16 nitrogen and oxygen atoms in total. The molecule has 0 saturated carbocycles. The average Bonchev–Trinajstić information content (AvgIpc) is 3.95. The van der Waals surface area contributed by atoms with Crippen LogP contribution in [0.1, 0.15) is 31.7 Å². The Morgan fingerprint density at radius 2 is 1.38 bits per heavy atom. The molecule has 270 valence electrons. The molecule has 0 aliphatic carbocycles. The van der Waals surface area contributed by atoms with Crippen molar-refractivity contribution in [1.82, 2.24) is 43.1 Å². The van der Waals surface area contributed by atoms with Gasteiger partial charge in [0.1, 0.15) is 5.69 Å². The molecule has 1 saturated heterocycles. The largest absolute Gasteiger partial charge is 0.369 e. The number of hydrogen-bond acceptors (Lipinski definition) is 8. The van der Waals surface area contributed by atoms with Crippen LogP contribution in [-0.4, -0.2) is 94.1 Å². The highest BCUT2D eigenvalue weighted by molar-refractivity contribution is 6.07. The van der Waals surface area contributed by atoms with E-state index in [2.05, 4.69) is 65.9 Å². The molecule has 6 heterocycles. The van der Waals surface area contributed by atoms with Crippen molar-refractivity contribution >= 4 is 62.7 Å². The summed E-state index contributed by atoms with van der Waals surface area (Å²) in [4.78, 5) is 61.5. The lowest BCUT2D eigenvalue weighted by Gasteiger charge is -2.34. The second kappa shape index (κ2) is 13.1. The number of carbonyl (C=O) groups excluding carboxylic acids is 3. The third kappa shape index (κ3) is 6.40. The van der Waals surface area contributed by atoms with Crippen molar-refractivity contribution in [3.8, 4) is 11.5 Å². The standard InChI is InChI=1S/C37H39N13O3/c1-45-12-14-50(15-13-45)24-10-11-25-27(18-24)41-32(40-25)29-16-22(19-46(29)2)38-35(51)30-17-23(20-47(30)3)39-36(52)33-43-31(21-48(33)4)44-37(53)34-42-26-8-6-7-9-28(26)49(34)5/h6-11,16-21H,12-15H2,1-5H3,(H,38,51)(H,39,52)(H,40,41)(H,44,53). The number of rotatable bonds is 8. The number of para-hydroxylation sites is 2. The number of amides is 3. The Bertz CT molecular complexity index is 2540. The lowest BCUT2D eigenvalue weighted by atomic mass is 10.2. The maximum Gasteiger partial charge on any atom is 0.292 e. The van der Waals surface area contributed by atoms with Crippen molar-refractivity contribution in [3.05, 3.63) is 90.5 Å². The van der Waals surface area contributed by atoms with Crippen molar-refractivity contribution < 1.29 is 14.4 Å². The van der Waals surface area contributed by atoms with Crippen LogP contribution in [-0.2, 0) is 28.2 Å². The number of aromatic amines is 1. The van der Waals surface area contributed by atoms with E-state index in [0.717, 1.165) is 54.1 Å². The number of nitrogens with zero attached hydrogens (tertiary/aromatic N) is 9. The quantitative estimate of drug-likeness (QED) is 0.183. The van der Waals surface area contributed by atoms with Crippen LogP contribution in [0.2, 0.25) is 0 Å². The number of nitrogens with one attached hydrogen (secondary N) is 4. The van der Waals surface area contributed by atoms with Crippen LogP contribution >= 0.6 is 0 Å². The summed E-state index contributed by atoms with van der Waals surface area (Å²) in [5.41, 5.74) is 6.65. The summed E-state index contributed by atoms with van der Waals surface area (Å²) in [5.74, 6) is -0.135. The maximum absolute atomic E-state index is 13.4. The van der Waals surface area contributed by atoms with Crippen molar-refractivity contribution in [2.45, 2.75) is 0 Å². The zero-order chi connectivity index (χ0) is 37.0. The molecule has 8 rings (SSSR count). The molecule has 0 bridgehead atoms. The number of anilines is 4. The summed E-state index contributed by atoms with van der Waals surface area (Å²) < 4.78 is 6.75. The molecule has 0 radical (unpaired) electrons. The molecule has 3 amide bonds. The zero-order valence-electron chi connectivity index (χ0n) is 30.0. The van der Waals surface area contributed by atoms with Crippen molar-refractivity contribution in [2.75, 3.05) is 54.1 Å². The van der Waals surface area contributed by atoms with E-state index in [4.69, 9.17) is 4.98 Å². The van der Waals surface area contributed by atoms with E-state index in [1.807, 2.05) is 48.1 Å². The van der Waals surface area contributed by atoms with E-state index in [1.54, 1.807) is 48.7 Å². The molecule has 1 aliphatic rings. The van der Waals surface area contributed by atoms with E-state index in [-0.39, 0.29) is 23.4 Å². The highest BCUT2D eigenvalue weighted by Gasteiger charge is 2.22. The number of imidazole rings is 3. The number of carbonyl (C=O) groups is 3. The second-order valence-corrected chi connectivity index (χ2v) is 13.4. The van der Waals surface area contributed by atoms with Gasteiger partial charge in [0, 0.05) is 78.6 Å². The van der Waals surface area contributed by atoms with Crippen LogP contribution in [0.3, 0.4) is 0 Å². The number of hydrogen-bond donors (Lipinski definition) is 4. The predicted molar refractivity (Wildman–Crippen MR) is 203 cm³/mol. The first-order chi connectivity index (χ1) is 25.5. The number of benzene rings is 2. The van der Waals surface area contributed by atoms with Gasteiger partial charge in [0.15, 0.2) is 17.5 Å². The van der Waals surface area contributed by atoms with Crippen LogP contribution in [0.25, 0.3) is 33.6 Å². The van der Waals surface area contributed by atoms with Gasteiger partial charge in [-0.2, -0.15) is 0 Å². The molecule has 1 fully saturated rings. The Kier molecular flexibility index (Phi) is 8.29. The van der Waals surface area contributed by atoms with Gasteiger partial charge in [-0.1, -0.05) is 12.1 Å². The number of H-pyrrole nitrogens is 1. The third-order valence-electron chi connectivity index (χ3n) is 9.65. The molecule has 0 spiro atoms. The van der Waals surface area contributed by atoms with Crippen molar-refractivity contribution in [3.63, 3.8) is 0 Å². The normalized spacial score (nSPS) is 13.6. The molecular weight excluding hydrogens is 674 g/mol. The monoisotopic (exact) mass is 713 g/mol. The molecule has 0 atom stereocenters. The lowest BCUT2D eigenvalue weighted by Crippen LogP contribution is -2.44. The SMILES string of the molecule is CN1CCN(c2ccc3[nH]c(-c4cc(NC(=O)c5cc(NC(=O)c6nc(NC(=O)c7nc8ccccc8n7C)cn6C)cn5C)cn4C)nc3c2)CC1. The molecular formula is C37H39N13O3. The molecule has 4 N–H and O–H groups in total.